The summed E-state index contributed by atoms with van der Waals surface area (Å²) < 4.78 is 7.34. The molecule has 1 fully saturated rings. The molecule has 2 atom stereocenters. The van der Waals surface area contributed by atoms with Crippen molar-refractivity contribution in [2.45, 2.75) is 13.0 Å². The van der Waals surface area contributed by atoms with Crippen molar-refractivity contribution < 1.29 is 4.74 Å². The largest absolute Gasteiger partial charge is 0.379 e. The highest BCUT2D eigenvalue weighted by Gasteiger charge is 2.27. The van der Waals surface area contributed by atoms with Gasteiger partial charge in [0, 0.05) is 31.6 Å². The summed E-state index contributed by atoms with van der Waals surface area (Å²) >= 11 is 0. The number of nitrogens with one attached hydrogen (secondary N) is 2. The van der Waals surface area contributed by atoms with Crippen LogP contribution in [0, 0.1) is 5.92 Å². The second kappa shape index (κ2) is 5.32. The Morgan fingerprint density at radius 3 is 3.12 bits per heavy atom. The maximum atomic E-state index is 5.50. The molecule has 1 aromatic heterocycles. The van der Waals surface area contributed by atoms with Gasteiger partial charge in [0.25, 0.3) is 0 Å². The van der Waals surface area contributed by atoms with E-state index >= 15 is 0 Å². The van der Waals surface area contributed by atoms with Gasteiger partial charge in [-0.15, -0.1) is 0 Å². The molecule has 5 heteroatoms. The number of ether oxygens (including phenoxy) is 1. The Labute approximate surface area is 96.2 Å². The minimum Gasteiger partial charge on any atom is -0.379 e. The van der Waals surface area contributed by atoms with Gasteiger partial charge < -0.3 is 15.4 Å². The topological polar surface area (TPSA) is 51.1 Å². The number of aromatic nitrogens is 2. The molecule has 1 aromatic rings. The molecule has 1 aliphatic heterocycles. The fourth-order valence-corrected chi connectivity index (χ4v) is 2.07. The van der Waals surface area contributed by atoms with Crippen molar-refractivity contribution in [3.05, 3.63) is 12.3 Å². The average molecular weight is 224 g/mol. The fraction of sp³-hybridized carbons (Fsp3) is 0.727. The van der Waals surface area contributed by atoms with Crippen LogP contribution in [-0.4, -0.2) is 42.1 Å². The number of likely N-dealkylation sites (N-methyl/N-ethyl adjacent to an activating group) is 1. The number of aryl methyl sites for hydroxylation is 1. The zero-order valence-corrected chi connectivity index (χ0v) is 9.94. The molecular weight excluding hydrogens is 204 g/mol. The predicted octanol–water partition coefficient (Wildman–Crippen LogP) is 0.456. The highest BCUT2D eigenvalue weighted by molar-refractivity contribution is 5.33. The first-order valence-corrected chi connectivity index (χ1v) is 5.84. The van der Waals surface area contributed by atoms with Crippen molar-refractivity contribution in [3.63, 3.8) is 0 Å². The quantitative estimate of drug-likeness (QED) is 0.763. The van der Waals surface area contributed by atoms with Gasteiger partial charge in [0.2, 0.25) is 0 Å². The Morgan fingerprint density at radius 2 is 2.44 bits per heavy atom. The summed E-state index contributed by atoms with van der Waals surface area (Å²) in [6.07, 6.45) is 1.80. The van der Waals surface area contributed by atoms with Gasteiger partial charge in [0.05, 0.1) is 19.4 Å². The SMILES string of the molecule is CCNC1COCC1CNc1ccnn1C. The maximum Gasteiger partial charge on any atom is 0.123 e. The molecule has 0 bridgehead atoms. The van der Waals surface area contributed by atoms with E-state index in [0.29, 0.717) is 12.0 Å². The van der Waals surface area contributed by atoms with Gasteiger partial charge in [-0.3, -0.25) is 4.68 Å². The molecule has 5 nitrogen and oxygen atoms in total. The van der Waals surface area contributed by atoms with Gasteiger partial charge in [0.1, 0.15) is 5.82 Å². The van der Waals surface area contributed by atoms with Gasteiger partial charge in [-0.1, -0.05) is 6.92 Å². The van der Waals surface area contributed by atoms with E-state index in [1.165, 1.54) is 0 Å². The van der Waals surface area contributed by atoms with Gasteiger partial charge in [-0.05, 0) is 6.54 Å². The van der Waals surface area contributed by atoms with Crippen LogP contribution in [-0.2, 0) is 11.8 Å². The van der Waals surface area contributed by atoms with E-state index in [1.807, 2.05) is 17.8 Å². The van der Waals surface area contributed by atoms with Gasteiger partial charge in [-0.2, -0.15) is 5.10 Å². The lowest BCUT2D eigenvalue weighted by Crippen LogP contribution is -2.38. The normalized spacial score (nSPS) is 24.9. The summed E-state index contributed by atoms with van der Waals surface area (Å²) in [7, 11) is 1.94. The molecule has 1 aliphatic rings. The molecule has 1 saturated heterocycles. The standard InChI is InChI=1S/C11H20N4O/c1-3-12-10-8-16-7-9(10)6-13-11-4-5-14-15(11)2/h4-5,9-10,12-13H,3,6-8H2,1-2H3. The molecular formula is C11H20N4O. The van der Waals surface area contributed by atoms with Crippen LogP contribution in [0.3, 0.4) is 0 Å². The van der Waals surface area contributed by atoms with Gasteiger partial charge >= 0.3 is 0 Å². The van der Waals surface area contributed by atoms with Crippen LogP contribution >= 0.6 is 0 Å². The Bertz CT molecular complexity index is 326. The van der Waals surface area contributed by atoms with Crippen molar-refractivity contribution in [1.82, 2.24) is 15.1 Å². The molecule has 2 heterocycles. The number of nitrogens with zero attached hydrogens (tertiary/aromatic N) is 2. The fourth-order valence-electron chi connectivity index (χ4n) is 2.07. The zero-order chi connectivity index (χ0) is 11.4. The summed E-state index contributed by atoms with van der Waals surface area (Å²) in [6.45, 7) is 5.71. The van der Waals surface area contributed by atoms with Crippen LogP contribution in [0.4, 0.5) is 5.82 Å². The summed E-state index contributed by atoms with van der Waals surface area (Å²) in [5, 5.41) is 11.0. The first-order valence-electron chi connectivity index (χ1n) is 5.84. The van der Waals surface area contributed by atoms with Crippen LogP contribution in [0.2, 0.25) is 0 Å². The number of hydrogen-bond acceptors (Lipinski definition) is 4. The molecule has 2 unspecified atom stereocenters. The maximum absolute atomic E-state index is 5.50. The monoisotopic (exact) mass is 224 g/mol. The van der Waals surface area contributed by atoms with Crippen LogP contribution in [0.25, 0.3) is 0 Å². The molecule has 0 saturated carbocycles. The van der Waals surface area contributed by atoms with E-state index in [2.05, 4.69) is 22.7 Å². The van der Waals surface area contributed by atoms with Crippen LogP contribution in [0.5, 0.6) is 0 Å². The Hall–Kier alpha value is -1.07. The van der Waals surface area contributed by atoms with E-state index in [9.17, 15) is 0 Å². The molecule has 0 amide bonds. The molecule has 0 aromatic carbocycles. The molecule has 0 aliphatic carbocycles. The van der Waals surface area contributed by atoms with Crippen molar-refractivity contribution in [3.8, 4) is 0 Å². The number of rotatable bonds is 5. The average Bonchev–Trinajstić information content (AvgIpc) is 2.86. The minimum atomic E-state index is 0.478. The highest BCUT2D eigenvalue weighted by Crippen LogP contribution is 2.15. The van der Waals surface area contributed by atoms with Crippen molar-refractivity contribution in [2.24, 2.45) is 13.0 Å². The molecule has 2 rings (SSSR count). The van der Waals surface area contributed by atoms with Crippen LogP contribution < -0.4 is 10.6 Å². The number of anilines is 1. The van der Waals surface area contributed by atoms with Crippen LogP contribution in [0.15, 0.2) is 12.3 Å². The number of hydrogen-bond donors (Lipinski definition) is 2. The summed E-state index contributed by atoms with van der Waals surface area (Å²) in [5.41, 5.74) is 0. The van der Waals surface area contributed by atoms with Gasteiger partial charge in [0.15, 0.2) is 0 Å². The lowest BCUT2D eigenvalue weighted by molar-refractivity contribution is 0.183. The van der Waals surface area contributed by atoms with E-state index in [-0.39, 0.29) is 0 Å². The van der Waals surface area contributed by atoms with E-state index in [1.54, 1.807) is 6.20 Å². The molecule has 2 N–H and O–H groups in total. The first kappa shape index (κ1) is 11.4. The third-order valence-corrected chi connectivity index (χ3v) is 3.03. The molecule has 90 valence electrons. The zero-order valence-electron chi connectivity index (χ0n) is 9.94. The lowest BCUT2D eigenvalue weighted by atomic mass is 10.0. The third kappa shape index (κ3) is 2.54. The summed E-state index contributed by atoms with van der Waals surface area (Å²) in [4.78, 5) is 0. The molecule has 16 heavy (non-hydrogen) atoms. The van der Waals surface area contributed by atoms with Crippen molar-refractivity contribution in [2.75, 3.05) is 31.6 Å². The second-order valence-electron chi connectivity index (χ2n) is 4.18. The summed E-state index contributed by atoms with van der Waals surface area (Å²) in [5.74, 6) is 1.59. The van der Waals surface area contributed by atoms with Crippen molar-refractivity contribution >= 4 is 5.82 Å². The molecule has 0 spiro atoms. The second-order valence-corrected chi connectivity index (χ2v) is 4.18. The Kier molecular flexibility index (Phi) is 3.79. The smallest absolute Gasteiger partial charge is 0.123 e. The minimum absolute atomic E-state index is 0.478. The van der Waals surface area contributed by atoms with E-state index < -0.39 is 0 Å². The highest BCUT2D eigenvalue weighted by atomic mass is 16.5. The van der Waals surface area contributed by atoms with Crippen LogP contribution in [0.1, 0.15) is 6.92 Å². The summed E-state index contributed by atoms with van der Waals surface area (Å²) in [6, 6.07) is 2.46. The van der Waals surface area contributed by atoms with E-state index in [4.69, 9.17) is 4.74 Å². The van der Waals surface area contributed by atoms with Crippen molar-refractivity contribution in [1.29, 1.82) is 0 Å². The predicted molar refractivity (Wildman–Crippen MR) is 63.5 cm³/mol. The molecule has 0 radical (unpaired) electrons. The Balaban J connectivity index is 1.83. The van der Waals surface area contributed by atoms with Gasteiger partial charge in [-0.25, -0.2) is 0 Å². The first-order chi connectivity index (χ1) is 7.81. The Morgan fingerprint density at radius 1 is 1.56 bits per heavy atom. The third-order valence-electron chi connectivity index (χ3n) is 3.03. The lowest BCUT2D eigenvalue weighted by Gasteiger charge is -2.19. The van der Waals surface area contributed by atoms with E-state index in [0.717, 1.165) is 32.1 Å².